The number of thioether (sulfide) groups is 1. The second kappa shape index (κ2) is 6.67. The van der Waals surface area contributed by atoms with E-state index in [1.165, 1.54) is 6.33 Å². The lowest BCUT2D eigenvalue weighted by Gasteiger charge is -2.15. The summed E-state index contributed by atoms with van der Waals surface area (Å²) in [5.74, 6) is 0.687. The summed E-state index contributed by atoms with van der Waals surface area (Å²) in [6.45, 7) is 5.17. The lowest BCUT2D eigenvalue weighted by molar-refractivity contribution is -0.120. The van der Waals surface area contributed by atoms with Gasteiger partial charge in [-0.05, 0) is 13.8 Å². The summed E-state index contributed by atoms with van der Waals surface area (Å²) < 4.78 is 11.0. The number of rotatable bonds is 7. The number of fused-ring (bicyclic) bond motifs is 1. The number of imidazole rings is 1. The summed E-state index contributed by atoms with van der Waals surface area (Å²) in [6.07, 6.45) is 2.92. The van der Waals surface area contributed by atoms with Crippen LogP contribution in [0.15, 0.2) is 17.7 Å². The first-order valence-corrected chi connectivity index (χ1v) is 6.83. The van der Waals surface area contributed by atoms with Gasteiger partial charge in [0.05, 0.1) is 12.1 Å². The molecule has 0 radical (unpaired) electrons. The Morgan fingerprint density at radius 2 is 2.00 bits per heavy atom. The van der Waals surface area contributed by atoms with E-state index in [-0.39, 0.29) is 6.29 Å². The average molecular weight is 268 g/mol. The van der Waals surface area contributed by atoms with Gasteiger partial charge in [-0.2, -0.15) is 0 Å². The molecule has 0 aliphatic carbocycles. The minimum absolute atomic E-state index is 0.210. The molecule has 0 bridgehead atoms. The van der Waals surface area contributed by atoms with Crippen LogP contribution in [-0.4, -0.2) is 45.2 Å². The van der Waals surface area contributed by atoms with Gasteiger partial charge >= 0.3 is 0 Å². The zero-order chi connectivity index (χ0) is 12.8. The molecular weight excluding hydrogens is 252 g/mol. The molecule has 0 unspecified atom stereocenters. The van der Waals surface area contributed by atoms with Gasteiger partial charge in [0, 0.05) is 13.2 Å². The smallest absolute Gasteiger partial charge is 0.181 e. The van der Waals surface area contributed by atoms with Gasteiger partial charge in [-0.15, -0.1) is 0 Å². The van der Waals surface area contributed by atoms with E-state index in [0.29, 0.717) is 24.6 Å². The molecule has 0 saturated heterocycles. The molecule has 0 spiro atoms. The molecular formula is C11H16N4O2S. The number of aromatic amines is 1. The van der Waals surface area contributed by atoms with Crippen molar-refractivity contribution >= 4 is 22.9 Å². The second-order valence-corrected chi connectivity index (χ2v) is 4.44. The first-order chi connectivity index (χ1) is 8.85. The Kier molecular flexibility index (Phi) is 4.91. The monoisotopic (exact) mass is 268 g/mol. The van der Waals surface area contributed by atoms with Crippen LogP contribution >= 0.6 is 11.8 Å². The molecule has 0 amide bonds. The Balaban J connectivity index is 2.02. The summed E-state index contributed by atoms with van der Waals surface area (Å²) in [7, 11) is 0. The van der Waals surface area contributed by atoms with Crippen LogP contribution in [0.5, 0.6) is 0 Å². The van der Waals surface area contributed by atoms with Gasteiger partial charge in [-0.25, -0.2) is 15.0 Å². The van der Waals surface area contributed by atoms with Crippen molar-refractivity contribution in [2.24, 2.45) is 0 Å². The highest BCUT2D eigenvalue weighted by molar-refractivity contribution is 7.99. The van der Waals surface area contributed by atoms with Crippen LogP contribution in [0.4, 0.5) is 0 Å². The first kappa shape index (κ1) is 13.3. The van der Waals surface area contributed by atoms with Crippen molar-refractivity contribution in [3.63, 3.8) is 0 Å². The third-order valence-corrected chi connectivity index (χ3v) is 3.27. The maximum absolute atomic E-state index is 5.49. The quantitative estimate of drug-likeness (QED) is 0.469. The van der Waals surface area contributed by atoms with E-state index >= 15 is 0 Å². The molecule has 1 N–H and O–H groups in total. The van der Waals surface area contributed by atoms with Crippen molar-refractivity contribution in [3.05, 3.63) is 12.7 Å². The highest BCUT2D eigenvalue weighted by Crippen LogP contribution is 2.23. The fourth-order valence-corrected chi connectivity index (χ4v) is 2.42. The van der Waals surface area contributed by atoms with Crippen molar-refractivity contribution in [1.82, 2.24) is 19.9 Å². The van der Waals surface area contributed by atoms with Crippen molar-refractivity contribution in [1.29, 1.82) is 0 Å². The number of ether oxygens (including phenoxy) is 2. The molecule has 2 aromatic heterocycles. The molecule has 2 rings (SSSR count). The Labute approximate surface area is 110 Å². The maximum Gasteiger partial charge on any atom is 0.181 e. The predicted molar refractivity (Wildman–Crippen MR) is 69.4 cm³/mol. The second-order valence-electron chi connectivity index (χ2n) is 3.43. The van der Waals surface area contributed by atoms with E-state index in [4.69, 9.17) is 9.47 Å². The molecule has 2 aromatic rings. The number of aromatic nitrogens is 4. The van der Waals surface area contributed by atoms with Crippen molar-refractivity contribution in [3.8, 4) is 0 Å². The number of hydrogen-bond donors (Lipinski definition) is 1. The van der Waals surface area contributed by atoms with Gasteiger partial charge in [0.15, 0.2) is 11.9 Å². The van der Waals surface area contributed by atoms with Crippen molar-refractivity contribution in [2.45, 2.75) is 25.2 Å². The Bertz CT molecular complexity index is 485. The fourth-order valence-electron chi connectivity index (χ4n) is 1.52. The largest absolute Gasteiger partial charge is 0.352 e. The molecule has 0 saturated carbocycles. The van der Waals surface area contributed by atoms with Crippen LogP contribution in [0.2, 0.25) is 0 Å². The number of H-pyrrole nitrogens is 1. The van der Waals surface area contributed by atoms with Gasteiger partial charge in [0.25, 0.3) is 0 Å². The summed E-state index contributed by atoms with van der Waals surface area (Å²) in [6, 6.07) is 0. The Morgan fingerprint density at radius 3 is 2.72 bits per heavy atom. The molecule has 0 aromatic carbocycles. The highest BCUT2D eigenvalue weighted by Gasteiger charge is 2.12. The number of nitrogens with zero attached hydrogens (tertiary/aromatic N) is 3. The predicted octanol–water partition coefficient (Wildman–Crippen LogP) is 1.84. The third-order valence-electron chi connectivity index (χ3n) is 2.25. The zero-order valence-electron chi connectivity index (χ0n) is 10.4. The first-order valence-electron chi connectivity index (χ1n) is 5.85. The van der Waals surface area contributed by atoms with Crippen LogP contribution in [0.3, 0.4) is 0 Å². The summed E-state index contributed by atoms with van der Waals surface area (Å²) in [5.41, 5.74) is 1.53. The van der Waals surface area contributed by atoms with Gasteiger partial charge in [0.1, 0.15) is 16.9 Å². The van der Waals surface area contributed by atoms with Crippen LogP contribution in [0.25, 0.3) is 11.2 Å². The third kappa shape index (κ3) is 3.18. The molecule has 0 aliphatic heterocycles. The molecule has 0 atom stereocenters. The van der Waals surface area contributed by atoms with Crippen LogP contribution in [0, 0.1) is 0 Å². The molecule has 0 aliphatic rings. The lowest BCUT2D eigenvalue weighted by Crippen LogP contribution is -2.20. The fraction of sp³-hybridized carbons (Fsp3) is 0.545. The van der Waals surface area contributed by atoms with E-state index < -0.39 is 0 Å². The topological polar surface area (TPSA) is 72.9 Å². The van der Waals surface area contributed by atoms with Gasteiger partial charge < -0.3 is 14.5 Å². The molecule has 18 heavy (non-hydrogen) atoms. The van der Waals surface area contributed by atoms with Crippen LogP contribution < -0.4 is 0 Å². The molecule has 2 heterocycles. The standard InChI is InChI=1S/C11H16N4O2S/c1-3-16-8(17-4-2)5-18-11-9-10(13-6-12-9)14-7-15-11/h6-8H,3-5H2,1-2H3,(H,12,13,14,15). The number of hydrogen-bond acceptors (Lipinski definition) is 6. The summed E-state index contributed by atoms with van der Waals surface area (Å²) >= 11 is 1.57. The van der Waals surface area contributed by atoms with E-state index in [1.807, 2.05) is 13.8 Å². The minimum Gasteiger partial charge on any atom is -0.352 e. The van der Waals surface area contributed by atoms with Gasteiger partial charge in [-0.3, -0.25) is 0 Å². The molecule has 6 nitrogen and oxygen atoms in total. The van der Waals surface area contributed by atoms with E-state index in [1.54, 1.807) is 18.1 Å². The van der Waals surface area contributed by atoms with E-state index in [9.17, 15) is 0 Å². The Morgan fingerprint density at radius 1 is 1.22 bits per heavy atom. The Hall–Kier alpha value is -1.18. The molecule has 0 fully saturated rings. The summed E-state index contributed by atoms with van der Waals surface area (Å²) in [5, 5.41) is 0.863. The van der Waals surface area contributed by atoms with Gasteiger partial charge in [0.2, 0.25) is 0 Å². The lowest BCUT2D eigenvalue weighted by atomic mass is 10.6. The van der Waals surface area contributed by atoms with Crippen LogP contribution in [0.1, 0.15) is 13.8 Å². The molecule has 98 valence electrons. The SMILES string of the molecule is CCOC(CSc1ncnc2nc[nH]c12)OCC. The molecule has 7 heteroatoms. The van der Waals surface area contributed by atoms with Crippen molar-refractivity contribution in [2.75, 3.05) is 19.0 Å². The summed E-state index contributed by atoms with van der Waals surface area (Å²) in [4.78, 5) is 15.4. The maximum atomic E-state index is 5.49. The van der Waals surface area contributed by atoms with Crippen molar-refractivity contribution < 1.29 is 9.47 Å². The van der Waals surface area contributed by atoms with E-state index in [2.05, 4.69) is 19.9 Å². The highest BCUT2D eigenvalue weighted by atomic mass is 32.2. The zero-order valence-corrected chi connectivity index (χ0v) is 11.2. The number of nitrogens with one attached hydrogen (secondary N) is 1. The van der Waals surface area contributed by atoms with E-state index in [0.717, 1.165) is 10.5 Å². The minimum atomic E-state index is -0.210. The van der Waals surface area contributed by atoms with Gasteiger partial charge in [-0.1, -0.05) is 11.8 Å². The average Bonchev–Trinajstić information content (AvgIpc) is 2.85. The van der Waals surface area contributed by atoms with Crippen LogP contribution in [-0.2, 0) is 9.47 Å². The normalized spacial score (nSPS) is 11.5.